The van der Waals surface area contributed by atoms with Crippen molar-refractivity contribution >= 4 is 37.4 Å². The number of likely N-dealkylation sites (N-methyl/N-ethyl adjacent to an activating group) is 1. The van der Waals surface area contributed by atoms with Crippen molar-refractivity contribution in [3.8, 4) is 5.75 Å². The molecule has 114 valence electrons. The highest BCUT2D eigenvalue weighted by atomic mass is 79.9. The lowest BCUT2D eigenvalue weighted by Crippen LogP contribution is -2.30. The molecule has 0 bridgehead atoms. The molecule has 1 aromatic rings. The van der Waals surface area contributed by atoms with Crippen molar-refractivity contribution in [2.45, 2.75) is 13.8 Å². The second-order valence-corrected chi connectivity index (χ2v) is 7.30. The Bertz CT molecular complexity index is 689. The molecular weight excluding hydrogens is 356 g/mol. The molecule has 5 nitrogen and oxygen atoms in total. The number of halogens is 1. The normalized spacial score (nSPS) is 16.9. The van der Waals surface area contributed by atoms with Gasteiger partial charge in [-0.15, -0.1) is 4.40 Å². The fraction of sp³-hybridized carbons (Fsp3) is 0.357. The third-order valence-electron chi connectivity index (χ3n) is 3.29. The molecule has 0 saturated carbocycles. The molecule has 7 heteroatoms. The van der Waals surface area contributed by atoms with Gasteiger partial charge in [-0.25, -0.2) is 0 Å². The van der Waals surface area contributed by atoms with Gasteiger partial charge in [-0.2, -0.15) is 8.42 Å². The highest BCUT2D eigenvalue weighted by Gasteiger charge is 2.33. The fourth-order valence-corrected chi connectivity index (χ4v) is 3.76. The number of nitrogens with zero attached hydrogens (tertiary/aromatic N) is 2. The molecule has 0 unspecified atom stereocenters. The molecule has 21 heavy (non-hydrogen) atoms. The third-order valence-corrected chi connectivity index (χ3v) is 5.99. The minimum atomic E-state index is -3.64. The zero-order valence-corrected chi connectivity index (χ0v) is 14.5. The molecule has 1 aliphatic heterocycles. The van der Waals surface area contributed by atoms with E-state index in [1.165, 1.54) is 0 Å². The molecule has 0 aromatic heterocycles. The summed E-state index contributed by atoms with van der Waals surface area (Å²) in [5, 5.41) is 0. The van der Waals surface area contributed by atoms with E-state index in [4.69, 9.17) is 4.74 Å². The highest BCUT2D eigenvalue weighted by molar-refractivity contribution is 9.13. The first-order valence-corrected chi connectivity index (χ1v) is 8.82. The molecule has 2 rings (SSSR count). The van der Waals surface area contributed by atoms with Crippen LogP contribution < -0.4 is 4.74 Å². The van der Waals surface area contributed by atoms with Crippen molar-refractivity contribution in [2.24, 2.45) is 4.40 Å². The lowest BCUT2D eigenvalue weighted by atomic mass is 10.1. The van der Waals surface area contributed by atoms with Gasteiger partial charge in [0.25, 0.3) is 10.0 Å². The molecule has 1 heterocycles. The van der Waals surface area contributed by atoms with Crippen LogP contribution in [0.1, 0.15) is 19.4 Å². The van der Waals surface area contributed by atoms with Crippen LogP contribution in [0.3, 0.4) is 0 Å². The second kappa shape index (κ2) is 6.19. The van der Waals surface area contributed by atoms with E-state index < -0.39 is 10.0 Å². The van der Waals surface area contributed by atoms with Crippen LogP contribution in [0.5, 0.6) is 5.75 Å². The summed E-state index contributed by atoms with van der Waals surface area (Å²) in [5.41, 5.74) is 1.38. The van der Waals surface area contributed by atoms with Crippen LogP contribution in [0.25, 0.3) is 5.57 Å². The second-order valence-electron chi connectivity index (χ2n) is 4.44. The lowest BCUT2D eigenvalue weighted by Gasteiger charge is -2.22. The maximum atomic E-state index is 12.1. The first kappa shape index (κ1) is 16.0. The molecule has 0 aliphatic carbocycles. The summed E-state index contributed by atoms with van der Waals surface area (Å²) in [4.78, 5) is 1.92. The van der Waals surface area contributed by atoms with Crippen LogP contribution in [-0.2, 0) is 10.0 Å². The van der Waals surface area contributed by atoms with Gasteiger partial charge in [-0.3, -0.25) is 0 Å². The summed E-state index contributed by atoms with van der Waals surface area (Å²) in [6.07, 6.45) is 0. The van der Waals surface area contributed by atoms with Gasteiger partial charge in [0.15, 0.2) is 5.84 Å². The molecule has 0 N–H and O–H groups in total. The van der Waals surface area contributed by atoms with Gasteiger partial charge < -0.3 is 9.64 Å². The Labute approximate surface area is 133 Å². The van der Waals surface area contributed by atoms with Crippen LogP contribution in [0.15, 0.2) is 32.5 Å². The topological polar surface area (TPSA) is 59.0 Å². The molecule has 1 aliphatic rings. The molecule has 0 spiro atoms. The molecule has 0 saturated heterocycles. The Morgan fingerprint density at radius 3 is 2.24 bits per heavy atom. The summed E-state index contributed by atoms with van der Waals surface area (Å²) in [5.74, 6) is 1.20. The Balaban J connectivity index is 2.56. The van der Waals surface area contributed by atoms with Crippen LogP contribution in [0.2, 0.25) is 0 Å². The predicted octanol–water partition coefficient (Wildman–Crippen LogP) is 2.84. The SMILES string of the molecule is CCN(CC)C1=NS(=O)(=O)C(Br)=C1c1ccc(OC)cc1. The molecule has 0 fully saturated rings. The van der Waals surface area contributed by atoms with Gasteiger partial charge in [0.2, 0.25) is 0 Å². The van der Waals surface area contributed by atoms with Gasteiger partial charge in [-0.1, -0.05) is 12.1 Å². The minimum Gasteiger partial charge on any atom is -0.497 e. The molecule has 1 aromatic carbocycles. The van der Waals surface area contributed by atoms with Crippen molar-refractivity contribution in [2.75, 3.05) is 20.2 Å². The van der Waals surface area contributed by atoms with E-state index in [-0.39, 0.29) is 3.81 Å². The Morgan fingerprint density at radius 2 is 1.76 bits per heavy atom. The van der Waals surface area contributed by atoms with Gasteiger partial charge in [-0.05, 0) is 47.5 Å². The largest absolute Gasteiger partial charge is 0.497 e. The summed E-state index contributed by atoms with van der Waals surface area (Å²) >= 11 is 3.18. The number of hydrogen-bond donors (Lipinski definition) is 0. The quantitative estimate of drug-likeness (QED) is 0.815. The maximum absolute atomic E-state index is 12.1. The van der Waals surface area contributed by atoms with E-state index in [1.807, 2.05) is 30.9 Å². The van der Waals surface area contributed by atoms with E-state index in [1.54, 1.807) is 19.2 Å². The molecule has 0 radical (unpaired) electrons. The van der Waals surface area contributed by atoms with Crippen LogP contribution in [-0.4, -0.2) is 39.4 Å². The van der Waals surface area contributed by atoms with Crippen molar-refractivity contribution in [1.82, 2.24) is 4.90 Å². The summed E-state index contributed by atoms with van der Waals surface area (Å²) < 4.78 is 33.3. The number of methoxy groups -OCH3 is 1. The number of ether oxygens (including phenoxy) is 1. The average Bonchev–Trinajstić information content (AvgIpc) is 2.71. The van der Waals surface area contributed by atoms with Crippen molar-refractivity contribution in [1.29, 1.82) is 0 Å². The van der Waals surface area contributed by atoms with E-state index >= 15 is 0 Å². The van der Waals surface area contributed by atoms with Crippen molar-refractivity contribution < 1.29 is 13.2 Å². The van der Waals surface area contributed by atoms with E-state index in [9.17, 15) is 8.42 Å². The monoisotopic (exact) mass is 372 g/mol. The van der Waals surface area contributed by atoms with Gasteiger partial charge >= 0.3 is 0 Å². The Hall–Kier alpha value is -1.34. The Morgan fingerprint density at radius 1 is 1.19 bits per heavy atom. The van der Waals surface area contributed by atoms with Crippen LogP contribution >= 0.6 is 15.9 Å². The van der Waals surface area contributed by atoms with E-state index in [0.717, 1.165) is 11.3 Å². The van der Waals surface area contributed by atoms with Gasteiger partial charge in [0.1, 0.15) is 9.56 Å². The van der Waals surface area contributed by atoms with Gasteiger partial charge in [0.05, 0.1) is 12.7 Å². The first-order valence-electron chi connectivity index (χ1n) is 6.59. The minimum absolute atomic E-state index is 0.113. The lowest BCUT2D eigenvalue weighted by molar-refractivity contribution is 0.415. The standard InChI is InChI=1S/C14H17BrN2O3S/c1-4-17(5-2)14-12(13(15)21(18,19)16-14)10-6-8-11(20-3)9-7-10/h6-9H,4-5H2,1-3H3. The van der Waals surface area contributed by atoms with Gasteiger partial charge in [0, 0.05) is 13.1 Å². The van der Waals surface area contributed by atoms with E-state index in [0.29, 0.717) is 24.5 Å². The van der Waals surface area contributed by atoms with Crippen LogP contribution in [0, 0.1) is 0 Å². The van der Waals surface area contributed by atoms with Crippen molar-refractivity contribution in [3.63, 3.8) is 0 Å². The summed E-state index contributed by atoms with van der Waals surface area (Å²) in [6, 6.07) is 7.26. The zero-order valence-electron chi connectivity index (χ0n) is 12.1. The van der Waals surface area contributed by atoms with E-state index in [2.05, 4.69) is 20.3 Å². The fourth-order valence-electron chi connectivity index (χ4n) is 2.16. The number of benzene rings is 1. The molecule has 0 atom stereocenters. The smallest absolute Gasteiger partial charge is 0.291 e. The number of amidine groups is 1. The first-order chi connectivity index (χ1) is 9.94. The van der Waals surface area contributed by atoms with Crippen molar-refractivity contribution in [3.05, 3.63) is 33.6 Å². The number of sulfonamides is 1. The highest BCUT2D eigenvalue weighted by Crippen LogP contribution is 2.36. The Kier molecular flexibility index (Phi) is 4.73. The summed E-state index contributed by atoms with van der Waals surface area (Å²) in [7, 11) is -2.05. The number of rotatable bonds is 4. The average molecular weight is 373 g/mol. The number of hydrogen-bond acceptors (Lipinski definition) is 4. The maximum Gasteiger partial charge on any atom is 0.291 e. The molecule has 0 amide bonds. The summed E-state index contributed by atoms with van der Waals surface area (Å²) in [6.45, 7) is 5.31. The van der Waals surface area contributed by atoms with Crippen LogP contribution in [0.4, 0.5) is 0 Å². The third kappa shape index (κ3) is 2.98. The molecular formula is C14H17BrN2O3S. The predicted molar refractivity (Wildman–Crippen MR) is 88.1 cm³/mol. The zero-order chi connectivity index (χ0) is 15.6.